The minimum Gasteiger partial charge on any atom is -0.444 e. The number of terminal acetylenes is 1. The number of piperazine rings is 1. The first kappa shape index (κ1) is 19.1. The first-order valence-corrected chi connectivity index (χ1v) is 7.84. The molecule has 1 saturated heterocycles. The predicted molar refractivity (Wildman–Crippen MR) is 88.0 cm³/mol. The lowest BCUT2D eigenvalue weighted by Crippen LogP contribution is -2.57. The van der Waals surface area contributed by atoms with Gasteiger partial charge in [0.2, 0.25) is 0 Å². The van der Waals surface area contributed by atoms with Crippen LogP contribution in [0.1, 0.15) is 48.0 Å². The van der Waals surface area contributed by atoms with E-state index in [0.29, 0.717) is 26.1 Å². The standard InChI is InChI=1S/C17H28N2O4/c1-8-9-13-12-18(14(20)22-16(2,3)4)10-11-19(13)15(21)23-17(5,6)7/h1,13H,9-12H2,2-7H3. The molecule has 0 aromatic rings. The van der Waals surface area contributed by atoms with Gasteiger partial charge >= 0.3 is 12.2 Å². The van der Waals surface area contributed by atoms with E-state index >= 15 is 0 Å². The monoisotopic (exact) mass is 324 g/mol. The summed E-state index contributed by atoms with van der Waals surface area (Å²) in [5.41, 5.74) is -1.12. The van der Waals surface area contributed by atoms with Crippen molar-refractivity contribution >= 4 is 12.2 Å². The molecule has 1 aliphatic heterocycles. The zero-order chi connectivity index (χ0) is 17.8. The molecule has 0 aliphatic carbocycles. The van der Waals surface area contributed by atoms with Gasteiger partial charge in [-0.2, -0.15) is 0 Å². The molecular formula is C17H28N2O4. The normalized spacial score (nSPS) is 19.1. The molecule has 1 fully saturated rings. The maximum absolute atomic E-state index is 12.3. The van der Waals surface area contributed by atoms with Crippen molar-refractivity contribution in [2.24, 2.45) is 0 Å². The van der Waals surface area contributed by atoms with Crippen LogP contribution >= 0.6 is 0 Å². The Kier molecular flexibility index (Phi) is 5.92. The Morgan fingerprint density at radius 2 is 1.57 bits per heavy atom. The summed E-state index contributed by atoms with van der Waals surface area (Å²) in [5.74, 6) is 2.56. The van der Waals surface area contributed by atoms with Gasteiger partial charge in [-0.05, 0) is 41.5 Å². The number of amides is 2. The average molecular weight is 324 g/mol. The number of nitrogens with zero attached hydrogens (tertiary/aromatic N) is 2. The largest absolute Gasteiger partial charge is 0.444 e. The van der Waals surface area contributed by atoms with Gasteiger partial charge in [0, 0.05) is 26.1 Å². The topological polar surface area (TPSA) is 59.1 Å². The number of ether oxygens (including phenoxy) is 2. The quantitative estimate of drug-likeness (QED) is 0.696. The molecule has 1 rings (SSSR count). The Morgan fingerprint density at radius 3 is 2.04 bits per heavy atom. The summed E-state index contributed by atoms with van der Waals surface area (Å²) in [6.45, 7) is 12.0. The van der Waals surface area contributed by atoms with Crippen molar-refractivity contribution in [3.05, 3.63) is 0 Å². The summed E-state index contributed by atoms with van der Waals surface area (Å²) >= 11 is 0. The Morgan fingerprint density at radius 1 is 1.04 bits per heavy atom. The van der Waals surface area contributed by atoms with E-state index in [0.717, 1.165) is 0 Å². The van der Waals surface area contributed by atoms with Crippen molar-refractivity contribution in [1.82, 2.24) is 9.80 Å². The number of carbonyl (C=O) groups excluding carboxylic acids is 2. The van der Waals surface area contributed by atoms with Crippen LogP contribution in [0.25, 0.3) is 0 Å². The summed E-state index contributed by atoms with van der Waals surface area (Å²) in [6, 6.07) is -0.267. The number of carbonyl (C=O) groups is 2. The van der Waals surface area contributed by atoms with Crippen molar-refractivity contribution in [2.45, 2.75) is 65.2 Å². The zero-order valence-electron chi connectivity index (χ0n) is 15.0. The highest BCUT2D eigenvalue weighted by Gasteiger charge is 2.35. The molecule has 1 atom stereocenters. The van der Waals surface area contributed by atoms with E-state index in [4.69, 9.17) is 15.9 Å². The summed E-state index contributed by atoms with van der Waals surface area (Å²) < 4.78 is 10.8. The summed E-state index contributed by atoms with van der Waals surface area (Å²) in [4.78, 5) is 27.7. The molecule has 130 valence electrons. The van der Waals surface area contributed by atoms with Gasteiger partial charge in [-0.3, -0.25) is 0 Å². The zero-order valence-corrected chi connectivity index (χ0v) is 15.0. The fourth-order valence-corrected chi connectivity index (χ4v) is 2.22. The van der Waals surface area contributed by atoms with Gasteiger partial charge in [-0.15, -0.1) is 12.3 Å². The Balaban J connectivity index is 2.76. The van der Waals surface area contributed by atoms with Crippen molar-refractivity contribution in [3.63, 3.8) is 0 Å². The maximum Gasteiger partial charge on any atom is 0.410 e. The lowest BCUT2D eigenvalue weighted by molar-refractivity contribution is -0.0140. The molecule has 2 amide bonds. The maximum atomic E-state index is 12.3. The van der Waals surface area contributed by atoms with E-state index in [-0.39, 0.29) is 12.1 Å². The number of hydrogen-bond acceptors (Lipinski definition) is 4. The highest BCUT2D eigenvalue weighted by Crippen LogP contribution is 2.19. The summed E-state index contributed by atoms with van der Waals surface area (Å²) in [6.07, 6.45) is 4.98. The lowest BCUT2D eigenvalue weighted by Gasteiger charge is -2.41. The third-order valence-corrected chi connectivity index (χ3v) is 3.12. The van der Waals surface area contributed by atoms with E-state index in [2.05, 4.69) is 5.92 Å². The molecule has 23 heavy (non-hydrogen) atoms. The molecule has 1 aliphatic rings. The molecule has 6 heteroatoms. The minimum absolute atomic E-state index is 0.267. The molecule has 0 spiro atoms. The lowest BCUT2D eigenvalue weighted by atomic mass is 10.1. The molecular weight excluding hydrogens is 296 g/mol. The van der Waals surface area contributed by atoms with Crippen LogP contribution in [-0.4, -0.2) is 58.9 Å². The second-order valence-electron chi connectivity index (χ2n) is 7.66. The fraction of sp³-hybridized carbons (Fsp3) is 0.765. The molecule has 0 aromatic heterocycles. The summed E-state index contributed by atoms with van der Waals surface area (Å²) in [5, 5.41) is 0. The first-order chi connectivity index (χ1) is 10.4. The Labute approximate surface area is 139 Å². The molecule has 0 radical (unpaired) electrons. The van der Waals surface area contributed by atoms with Crippen molar-refractivity contribution < 1.29 is 19.1 Å². The van der Waals surface area contributed by atoms with Crippen LogP contribution < -0.4 is 0 Å². The first-order valence-electron chi connectivity index (χ1n) is 7.84. The van der Waals surface area contributed by atoms with Crippen LogP contribution in [-0.2, 0) is 9.47 Å². The molecule has 6 nitrogen and oxygen atoms in total. The van der Waals surface area contributed by atoms with Crippen LogP contribution in [0.15, 0.2) is 0 Å². The van der Waals surface area contributed by atoms with Gasteiger partial charge in [0.1, 0.15) is 11.2 Å². The van der Waals surface area contributed by atoms with Gasteiger partial charge < -0.3 is 19.3 Å². The molecule has 1 heterocycles. The van der Waals surface area contributed by atoms with E-state index in [1.165, 1.54) is 0 Å². The second kappa shape index (κ2) is 7.12. The van der Waals surface area contributed by atoms with Crippen molar-refractivity contribution in [3.8, 4) is 12.3 Å². The third-order valence-electron chi connectivity index (χ3n) is 3.12. The van der Waals surface area contributed by atoms with E-state index < -0.39 is 17.3 Å². The smallest absolute Gasteiger partial charge is 0.410 e. The minimum atomic E-state index is -0.569. The Bertz CT molecular complexity index is 482. The van der Waals surface area contributed by atoms with Gasteiger partial charge in [0.05, 0.1) is 6.04 Å². The van der Waals surface area contributed by atoms with Crippen LogP contribution in [0.4, 0.5) is 9.59 Å². The third kappa shape index (κ3) is 6.39. The highest BCUT2D eigenvalue weighted by atomic mass is 16.6. The van der Waals surface area contributed by atoms with E-state index in [1.54, 1.807) is 9.80 Å². The van der Waals surface area contributed by atoms with Gasteiger partial charge in [0.15, 0.2) is 0 Å². The van der Waals surface area contributed by atoms with Crippen LogP contribution in [0, 0.1) is 12.3 Å². The van der Waals surface area contributed by atoms with Crippen LogP contribution in [0.3, 0.4) is 0 Å². The molecule has 0 saturated carbocycles. The van der Waals surface area contributed by atoms with Crippen molar-refractivity contribution in [2.75, 3.05) is 19.6 Å². The van der Waals surface area contributed by atoms with Crippen molar-refractivity contribution in [1.29, 1.82) is 0 Å². The molecule has 1 unspecified atom stereocenters. The predicted octanol–water partition coefficient (Wildman–Crippen LogP) is 2.87. The van der Waals surface area contributed by atoms with E-state index in [9.17, 15) is 9.59 Å². The average Bonchev–Trinajstić information content (AvgIpc) is 2.34. The van der Waals surface area contributed by atoms with Crippen LogP contribution in [0.2, 0.25) is 0 Å². The number of rotatable bonds is 1. The Hall–Kier alpha value is -1.90. The van der Waals surface area contributed by atoms with Gasteiger partial charge in [0.25, 0.3) is 0 Å². The van der Waals surface area contributed by atoms with E-state index in [1.807, 2.05) is 41.5 Å². The molecule has 0 aromatic carbocycles. The van der Waals surface area contributed by atoms with Gasteiger partial charge in [-0.1, -0.05) is 0 Å². The SMILES string of the molecule is C#CCC1CN(C(=O)OC(C)(C)C)CCN1C(=O)OC(C)(C)C. The number of hydrogen-bond donors (Lipinski definition) is 0. The molecule has 0 bridgehead atoms. The molecule has 0 N–H and O–H groups in total. The summed E-state index contributed by atoms with van der Waals surface area (Å²) in [7, 11) is 0. The van der Waals surface area contributed by atoms with Gasteiger partial charge in [-0.25, -0.2) is 9.59 Å². The fourth-order valence-electron chi connectivity index (χ4n) is 2.22. The second-order valence-corrected chi connectivity index (χ2v) is 7.66. The highest BCUT2D eigenvalue weighted by molar-refractivity contribution is 5.71. The van der Waals surface area contributed by atoms with Crippen LogP contribution in [0.5, 0.6) is 0 Å².